The molecule has 41 heavy (non-hydrogen) atoms. The van der Waals surface area contributed by atoms with Gasteiger partial charge < -0.3 is 4.90 Å². The van der Waals surface area contributed by atoms with Crippen molar-refractivity contribution in [2.45, 2.75) is 0 Å². The van der Waals surface area contributed by atoms with Crippen molar-refractivity contribution in [3.05, 3.63) is 176 Å². The maximum Gasteiger partial charge on any atom is 0.0468 e. The number of hydrogen-bond acceptors (Lipinski definition) is 1. The van der Waals surface area contributed by atoms with E-state index in [0.29, 0.717) is 0 Å². The Balaban J connectivity index is 1.50. The lowest BCUT2D eigenvalue weighted by atomic mass is 9.91. The summed E-state index contributed by atoms with van der Waals surface area (Å²) in [6, 6.07) is 53.7. The van der Waals surface area contributed by atoms with E-state index < -0.39 is 0 Å². The fourth-order valence-electron chi connectivity index (χ4n) is 5.34. The molecule has 0 atom stereocenters. The summed E-state index contributed by atoms with van der Waals surface area (Å²) in [5.74, 6) is 0. The fourth-order valence-corrected chi connectivity index (χ4v) is 5.34. The zero-order chi connectivity index (χ0) is 28.0. The molecule has 0 saturated carbocycles. The molecule has 0 fully saturated rings. The van der Waals surface area contributed by atoms with E-state index in [9.17, 15) is 0 Å². The van der Waals surface area contributed by atoms with Gasteiger partial charge in [-0.3, -0.25) is 0 Å². The molecule has 0 aliphatic carbocycles. The van der Waals surface area contributed by atoms with Gasteiger partial charge in [-0.25, -0.2) is 0 Å². The third-order valence-corrected chi connectivity index (χ3v) is 7.43. The minimum absolute atomic E-state index is 1.07. The Morgan fingerprint density at radius 1 is 0.366 bits per heavy atom. The second-order valence-corrected chi connectivity index (χ2v) is 9.93. The van der Waals surface area contributed by atoms with Gasteiger partial charge in [-0.15, -0.1) is 0 Å². The average Bonchev–Trinajstić information content (AvgIpc) is 3.06. The van der Waals surface area contributed by atoms with Crippen molar-refractivity contribution in [1.29, 1.82) is 0 Å². The molecular weight excluding hydrogens is 494 g/mol. The molecule has 0 spiro atoms. The molecule has 0 saturated heterocycles. The van der Waals surface area contributed by atoms with Crippen LogP contribution in [0.4, 0.5) is 17.1 Å². The lowest BCUT2D eigenvalue weighted by molar-refractivity contribution is 1.28. The lowest BCUT2D eigenvalue weighted by Crippen LogP contribution is -2.10. The average molecular weight is 526 g/mol. The molecule has 0 N–H and O–H groups in total. The molecule has 6 aromatic carbocycles. The van der Waals surface area contributed by atoms with E-state index in [1.165, 1.54) is 27.8 Å². The molecule has 0 aliphatic heterocycles. The van der Waals surface area contributed by atoms with Crippen molar-refractivity contribution in [2.75, 3.05) is 4.90 Å². The smallest absolute Gasteiger partial charge is 0.0468 e. The predicted octanol–water partition coefficient (Wildman–Crippen LogP) is 11.4. The first-order chi connectivity index (χ1) is 20.2. The van der Waals surface area contributed by atoms with Gasteiger partial charge in [0.05, 0.1) is 0 Å². The van der Waals surface area contributed by atoms with Crippen LogP contribution in [0.2, 0.25) is 0 Å². The Labute approximate surface area is 243 Å². The standard InChI is InChI=1S/C40H31N/c1-3-30-20-21-35(28-31(30)4-2)39-27-26-38(29-40(39)34-16-10-6-11-17-34)41(36-18-12-7-13-19-36)37-24-22-33(23-25-37)32-14-8-5-9-15-32/h3-29H,1-2H2. The van der Waals surface area contributed by atoms with Crippen LogP contribution in [0.5, 0.6) is 0 Å². The van der Waals surface area contributed by atoms with Crippen molar-refractivity contribution in [3.8, 4) is 33.4 Å². The Morgan fingerprint density at radius 3 is 1.51 bits per heavy atom. The van der Waals surface area contributed by atoms with Crippen molar-refractivity contribution in [1.82, 2.24) is 0 Å². The molecule has 0 radical (unpaired) electrons. The number of anilines is 3. The van der Waals surface area contributed by atoms with Crippen LogP contribution in [0.3, 0.4) is 0 Å². The summed E-state index contributed by atoms with van der Waals surface area (Å²) >= 11 is 0. The first kappa shape index (κ1) is 25.9. The van der Waals surface area contributed by atoms with Gasteiger partial charge in [-0.05, 0) is 87.0 Å². The van der Waals surface area contributed by atoms with Crippen LogP contribution in [-0.2, 0) is 0 Å². The highest BCUT2D eigenvalue weighted by Gasteiger charge is 2.16. The van der Waals surface area contributed by atoms with E-state index in [0.717, 1.165) is 33.8 Å². The zero-order valence-electron chi connectivity index (χ0n) is 22.9. The fraction of sp³-hybridized carbons (Fsp3) is 0. The Hall–Kier alpha value is -5.40. The van der Waals surface area contributed by atoms with Gasteiger partial charge >= 0.3 is 0 Å². The molecule has 0 aliphatic rings. The molecule has 6 rings (SSSR count). The molecule has 1 heteroatoms. The van der Waals surface area contributed by atoms with Crippen molar-refractivity contribution >= 4 is 29.2 Å². The lowest BCUT2D eigenvalue weighted by Gasteiger charge is -2.27. The Bertz CT molecular complexity index is 1780. The van der Waals surface area contributed by atoms with Crippen molar-refractivity contribution in [2.24, 2.45) is 0 Å². The SMILES string of the molecule is C=Cc1ccc(-c2ccc(N(c3ccccc3)c3ccc(-c4ccccc4)cc3)cc2-c2ccccc2)cc1C=C. The molecule has 0 unspecified atom stereocenters. The summed E-state index contributed by atoms with van der Waals surface area (Å²) in [7, 11) is 0. The van der Waals surface area contributed by atoms with Crippen LogP contribution in [0.25, 0.3) is 45.5 Å². The molecule has 1 nitrogen and oxygen atoms in total. The largest absolute Gasteiger partial charge is 0.310 e. The van der Waals surface area contributed by atoms with E-state index in [2.05, 4.69) is 170 Å². The Morgan fingerprint density at radius 2 is 0.878 bits per heavy atom. The maximum absolute atomic E-state index is 4.03. The summed E-state index contributed by atoms with van der Waals surface area (Å²) in [5.41, 5.74) is 12.5. The van der Waals surface area contributed by atoms with E-state index in [1.807, 2.05) is 12.2 Å². The molecule has 0 heterocycles. The van der Waals surface area contributed by atoms with Gasteiger partial charge in [0.15, 0.2) is 0 Å². The predicted molar refractivity (Wildman–Crippen MR) is 178 cm³/mol. The van der Waals surface area contributed by atoms with Gasteiger partial charge in [-0.2, -0.15) is 0 Å². The topological polar surface area (TPSA) is 3.24 Å². The van der Waals surface area contributed by atoms with Gasteiger partial charge in [0.2, 0.25) is 0 Å². The van der Waals surface area contributed by atoms with Crippen LogP contribution in [-0.4, -0.2) is 0 Å². The summed E-state index contributed by atoms with van der Waals surface area (Å²) in [5, 5.41) is 0. The minimum atomic E-state index is 1.07. The highest BCUT2D eigenvalue weighted by atomic mass is 15.1. The number of rotatable bonds is 8. The quantitative estimate of drug-likeness (QED) is 0.191. The van der Waals surface area contributed by atoms with Crippen LogP contribution < -0.4 is 4.90 Å². The minimum Gasteiger partial charge on any atom is -0.310 e. The third-order valence-electron chi connectivity index (χ3n) is 7.43. The van der Waals surface area contributed by atoms with Gasteiger partial charge in [0.25, 0.3) is 0 Å². The maximum atomic E-state index is 4.03. The number of para-hydroxylation sites is 1. The van der Waals surface area contributed by atoms with E-state index >= 15 is 0 Å². The van der Waals surface area contributed by atoms with E-state index in [-0.39, 0.29) is 0 Å². The second kappa shape index (κ2) is 11.8. The van der Waals surface area contributed by atoms with Crippen LogP contribution in [0.1, 0.15) is 11.1 Å². The molecule has 196 valence electrons. The molecular formula is C40H31N. The molecule has 0 bridgehead atoms. The van der Waals surface area contributed by atoms with Gasteiger partial charge in [0, 0.05) is 17.1 Å². The summed E-state index contributed by atoms with van der Waals surface area (Å²) < 4.78 is 0. The number of nitrogens with zero attached hydrogens (tertiary/aromatic N) is 1. The van der Waals surface area contributed by atoms with Gasteiger partial charge in [0.1, 0.15) is 0 Å². The van der Waals surface area contributed by atoms with E-state index in [4.69, 9.17) is 0 Å². The van der Waals surface area contributed by atoms with Crippen LogP contribution in [0, 0.1) is 0 Å². The third kappa shape index (κ3) is 5.39. The highest BCUT2D eigenvalue weighted by molar-refractivity contribution is 5.90. The summed E-state index contributed by atoms with van der Waals surface area (Å²) in [6.07, 6.45) is 3.77. The number of benzene rings is 6. The molecule has 6 aromatic rings. The highest BCUT2D eigenvalue weighted by Crippen LogP contribution is 2.41. The first-order valence-electron chi connectivity index (χ1n) is 13.8. The van der Waals surface area contributed by atoms with Crippen LogP contribution >= 0.6 is 0 Å². The normalized spacial score (nSPS) is 10.6. The summed E-state index contributed by atoms with van der Waals surface area (Å²) in [4.78, 5) is 2.32. The van der Waals surface area contributed by atoms with Crippen LogP contribution in [0.15, 0.2) is 165 Å². The van der Waals surface area contributed by atoms with Gasteiger partial charge in [-0.1, -0.05) is 135 Å². The van der Waals surface area contributed by atoms with Crippen molar-refractivity contribution in [3.63, 3.8) is 0 Å². The summed E-state index contributed by atoms with van der Waals surface area (Å²) in [6.45, 7) is 8.00. The second-order valence-electron chi connectivity index (χ2n) is 9.93. The van der Waals surface area contributed by atoms with E-state index in [1.54, 1.807) is 0 Å². The number of hydrogen-bond donors (Lipinski definition) is 0. The zero-order valence-corrected chi connectivity index (χ0v) is 22.9. The first-order valence-corrected chi connectivity index (χ1v) is 13.8. The van der Waals surface area contributed by atoms with Crippen molar-refractivity contribution < 1.29 is 0 Å². The Kier molecular flexibility index (Phi) is 7.42. The monoisotopic (exact) mass is 525 g/mol. The molecule has 0 aromatic heterocycles. The molecule has 0 amide bonds.